The lowest BCUT2D eigenvalue weighted by Crippen LogP contribution is -2.63. The largest absolute Gasteiger partial charge is 0.370 e. The van der Waals surface area contributed by atoms with Gasteiger partial charge in [-0.2, -0.15) is 4.65 Å². The second-order valence-electron chi connectivity index (χ2n) is 13.1. The van der Waals surface area contributed by atoms with E-state index in [2.05, 4.69) is 48.3 Å². The van der Waals surface area contributed by atoms with Crippen LogP contribution >= 0.6 is 0 Å². The Morgan fingerprint density at radius 1 is 1.05 bits per heavy atom. The molecule has 8 rings (SSSR count). The lowest BCUT2D eigenvalue weighted by atomic mass is 9.58. The highest BCUT2D eigenvalue weighted by Gasteiger charge is 2.67. The summed E-state index contributed by atoms with van der Waals surface area (Å²) < 4.78 is 13.2. The first-order valence-electron chi connectivity index (χ1n) is 14.6. The fraction of sp³-hybridized carbons (Fsp3) is 0.594. The standard InChI is InChI=1S/C32H39N2O3/c1-30-10-8-26-19-25-4-5-27(34(35)14-16-36-17-15-34)20-31(25)11-12-32(26,37-31)29(30)7-6-28(30)23-3-2-22-9-13-33-21-24(22)18-23/h2-3,8-9,13,18-19,21,27-29,35H,4-7,10-12,14-17,20H2,1H3/q+1/t27-,28?,29-,30?,31-,32-/m1/s1. The summed E-state index contributed by atoms with van der Waals surface area (Å²) in [5.41, 5.74) is 4.30. The Labute approximate surface area is 219 Å². The molecule has 37 heavy (non-hydrogen) atoms. The maximum Gasteiger partial charge on any atom is 0.132 e. The molecule has 1 N–H and O–H groups in total. The molecule has 5 heteroatoms. The van der Waals surface area contributed by atoms with Crippen molar-refractivity contribution in [3.63, 3.8) is 0 Å². The molecule has 2 saturated heterocycles. The molecule has 2 aromatic rings. The number of quaternary nitrogens is 1. The number of nitrogens with zero attached hydrogens (tertiary/aromatic N) is 2. The molecule has 2 saturated carbocycles. The van der Waals surface area contributed by atoms with E-state index in [1.54, 1.807) is 0 Å². The monoisotopic (exact) mass is 499 g/mol. The van der Waals surface area contributed by atoms with Crippen LogP contribution in [0.1, 0.15) is 69.8 Å². The van der Waals surface area contributed by atoms with Crippen molar-refractivity contribution in [2.75, 3.05) is 26.3 Å². The van der Waals surface area contributed by atoms with Gasteiger partial charge in [0, 0.05) is 30.6 Å². The number of hydrogen-bond donors (Lipinski definition) is 1. The van der Waals surface area contributed by atoms with Crippen molar-refractivity contribution in [1.82, 2.24) is 4.98 Å². The molecule has 2 spiro atoms. The molecule has 6 atom stereocenters. The minimum absolute atomic E-state index is 0.156. The maximum atomic E-state index is 11.5. The molecule has 0 amide bonds. The molecule has 3 aliphatic heterocycles. The van der Waals surface area contributed by atoms with Crippen molar-refractivity contribution in [2.45, 2.75) is 81.5 Å². The van der Waals surface area contributed by atoms with E-state index in [0.29, 0.717) is 38.1 Å². The lowest BCUT2D eigenvalue weighted by Gasteiger charge is -2.55. The van der Waals surface area contributed by atoms with Crippen LogP contribution in [0.2, 0.25) is 0 Å². The van der Waals surface area contributed by atoms with Crippen molar-refractivity contribution >= 4 is 10.8 Å². The summed E-state index contributed by atoms with van der Waals surface area (Å²) in [6.07, 6.45) is 17.8. The summed E-state index contributed by atoms with van der Waals surface area (Å²) in [7, 11) is 0. The third kappa shape index (κ3) is 3.09. The van der Waals surface area contributed by atoms with Crippen molar-refractivity contribution in [1.29, 1.82) is 0 Å². The quantitative estimate of drug-likeness (QED) is 0.509. The summed E-state index contributed by atoms with van der Waals surface area (Å²) in [6, 6.07) is 9.40. The topological polar surface area (TPSA) is 51.6 Å². The van der Waals surface area contributed by atoms with Gasteiger partial charge in [0.25, 0.3) is 0 Å². The predicted molar refractivity (Wildman–Crippen MR) is 142 cm³/mol. The van der Waals surface area contributed by atoms with E-state index in [9.17, 15) is 5.21 Å². The van der Waals surface area contributed by atoms with Gasteiger partial charge in [0.05, 0.1) is 24.4 Å². The zero-order valence-electron chi connectivity index (χ0n) is 22.0. The van der Waals surface area contributed by atoms with Gasteiger partial charge < -0.3 is 9.47 Å². The number of morpholine rings is 1. The second kappa shape index (κ2) is 7.75. The van der Waals surface area contributed by atoms with Gasteiger partial charge in [-0.15, -0.1) is 0 Å². The van der Waals surface area contributed by atoms with Crippen molar-refractivity contribution in [3.8, 4) is 0 Å². The smallest absolute Gasteiger partial charge is 0.132 e. The highest BCUT2D eigenvalue weighted by atomic mass is 16.6. The second-order valence-corrected chi connectivity index (χ2v) is 13.1. The molecule has 2 unspecified atom stereocenters. The van der Waals surface area contributed by atoms with Gasteiger partial charge in [0.2, 0.25) is 0 Å². The van der Waals surface area contributed by atoms with Gasteiger partial charge >= 0.3 is 0 Å². The van der Waals surface area contributed by atoms with Crippen molar-refractivity contribution < 1.29 is 19.3 Å². The molecule has 194 valence electrons. The van der Waals surface area contributed by atoms with E-state index in [4.69, 9.17) is 9.47 Å². The Kier molecular flexibility index (Phi) is 4.80. The first kappa shape index (κ1) is 22.9. The first-order chi connectivity index (χ1) is 17.9. The summed E-state index contributed by atoms with van der Waals surface area (Å²) in [4.78, 5) is 4.38. The Morgan fingerprint density at radius 3 is 2.84 bits per heavy atom. The van der Waals surface area contributed by atoms with Gasteiger partial charge in [0.15, 0.2) is 0 Å². The fourth-order valence-electron chi connectivity index (χ4n) is 9.68. The first-order valence-corrected chi connectivity index (χ1v) is 14.6. The van der Waals surface area contributed by atoms with Crippen LogP contribution in [0.15, 0.2) is 60.0 Å². The molecule has 4 heterocycles. The number of hydrogen-bond acceptors (Lipinski definition) is 4. The molecule has 0 radical (unpaired) electrons. The SMILES string of the molecule is CC12CC=C3C=C4CC[C@@H]([N+]5(O)CCOCC5)C[C@]45CC[C@]3(O5)[C@@H]1CCC2c1ccc2ccncc2c1. The average Bonchev–Trinajstić information content (AvgIpc) is 3.43. The zero-order chi connectivity index (χ0) is 24.9. The van der Waals surface area contributed by atoms with Gasteiger partial charge in [-0.25, -0.2) is 5.21 Å². The number of rotatable bonds is 2. The predicted octanol–water partition coefficient (Wildman–Crippen LogP) is 6.08. The van der Waals surface area contributed by atoms with Crippen LogP contribution in [0.4, 0.5) is 0 Å². The number of allylic oxidation sites excluding steroid dienone is 1. The van der Waals surface area contributed by atoms with Gasteiger partial charge in [-0.05, 0) is 90.0 Å². The number of fused-ring (bicyclic) bond motifs is 2. The van der Waals surface area contributed by atoms with E-state index in [1.165, 1.54) is 40.3 Å². The highest BCUT2D eigenvalue weighted by Crippen LogP contribution is 2.69. The fourth-order valence-corrected chi connectivity index (χ4v) is 9.68. The van der Waals surface area contributed by atoms with E-state index in [0.717, 1.165) is 38.5 Å². The van der Waals surface area contributed by atoms with Crippen LogP contribution in [-0.2, 0) is 9.47 Å². The van der Waals surface area contributed by atoms with E-state index in [-0.39, 0.29) is 27.3 Å². The maximum absolute atomic E-state index is 11.5. The minimum atomic E-state index is -0.183. The molecule has 3 aliphatic carbocycles. The molecule has 1 aromatic carbocycles. The van der Waals surface area contributed by atoms with Crippen LogP contribution < -0.4 is 0 Å². The highest BCUT2D eigenvalue weighted by molar-refractivity contribution is 5.82. The lowest BCUT2D eigenvalue weighted by molar-refractivity contribution is -1.12. The molecular weight excluding hydrogens is 460 g/mol. The number of pyridine rings is 1. The van der Waals surface area contributed by atoms with E-state index >= 15 is 0 Å². The van der Waals surface area contributed by atoms with Crippen LogP contribution in [0.5, 0.6) is 0 Å². The number of benzene rings is 1. The summed E-state index contributed by atoms with van der Waals surface area (Å²) >= 11 is 0. The van der Waals surface area contributed by atoms with Crippen LogP contribution in [-0.4, -0.2) is 58.4 Å². The molecule has 5 nitrogen and oxygen atoms in total. The van der Waals surface area contributed by atoms with Gasteiger partial charge in [0.1, 0.15) is 19.1 Å². The molecule has 4 fully saturated rings. The van der Waals surface area contributed by atoms with Gasteiger partial charge in [-0.3, -0.25) is 4.98 Å². The van der Waals surface area contributed by atoms with Crippen molar-refractivity contribution in [3.05, 3.63) is 65.5 Å². The van der Waals surface area contributed by atoms with Crippen LogP contribution in [0.3, 0.4) is 0 Å². The molecular formula is C32H39N2O3+. The third-order valence-electron chi connectivity index (χ3n) is 11.6. The third-order valence-corrected chi connectivity index (χ3v) is 11.6. The number of ether oxygens (including phenoxy) is 2. The molecule has 6 aliphatic rings. The number of aromatic nitrogens is 1. The minimum Gasteiger partial charge on any atom is -0.370 e. The Morgan fingerprint density at radius 2 is 1.95 bits per heavy atom. The van der Waals surface area contributed by atoms with E-state index in [1.807, 2.05) is 12.4 Å². The van der Waals surface area contributed by atoms with E-state index < -0.39 is 0 Å². The average molecular weight is 500 g/mol. The van der Waals surface area contributed by atoms with Crippen LogP contribution in [0.25, 0.3) is 10.8 Å². The van der Waals surface area contributed by atoms with Gasteiger partial charge in [-0.1, -0.05) is 31.2 Å². The summed E-state index contributed by atoms with van der Waals surface area (Å²) in [5, 5.41) is 14.0. The summed E-state index contributed by atoms with van der Waals surface area (Å²) in [5.74, 6) is 1.08. The molecule has 1 aromatic heterocycles. The Bertz CT molecular complexity index is 1330. The molecule has 2 bridgehead atoms. The summed E-state index contributed by atoms with van der Waals surface area (Å²) in [6.45, 7) is 5.28. The zero-order valence-corrected chi connectivity index (χ0v) is 22.0. The Hall–Kier alpha value is -2.05. The number of hydroxylamine groups is 3. The normalized spacial score (nSPS) is 41.9. The van der Waals surface area contributed by atoms with Crippen LogP contribution in [0, 0.1) is 11.3 Å². The van der Waals surface area contributed by atoms with Crippen molar-refractivity contribution in [2.24, 2.45) is 11.3 Å². The Balaban J connectivity index is 1.14.